The highest BCUT2D eigenvalue weighted by Gasteiger charge is 2.42. The molecule has 0 radical (unpaired) electrons. The zero-order valence-electron chi connectivity index (χ0n) is 15.9. The molecule has 1 aliphatic heterocycles. The van der Waals surface area contributed by atoms with Gasteiger partial charge in [0.25, 0.3) is 0 Å². The summed E-state index contributed by atoms with van der Waals surface area (Å²) in [6.45, 7) is 9.04. The predicted molar refractivity (Wildman–Crippen MR) is 112 cm³/mol. The Kier molecular flexibility index (Phi) is 5.50. The van der Waals surface area contributed by atoms with Crippen molar-refractivity contribution in [1.29, 1.82) is 0 Å². The standard InChI is InChI=1S/C21H19BrO5S/c1-11-6-7-13(16-9-14(22)10-28-16)8-15(11)17-18(26-20(24)25-5)12(2)27-21(3,4)19(17)23/h6-10H,2H2,1,3-5H3. The third kappa shape index (κ3) is 3.77. The minimum atomic E-state index is -1.14. The number of ketones is 1. The van der Waals surface area contributed by atoms with Gasteiger partial charge in [-0.3, -0.25) is 4.79 Å². The molecule has 3 rings (SSSR count). The van der Waals surface area contributed by atoms with E-state index in [1.165, 1.54) is 7.11 Å². The van der Waals surface area contributed by atoms with Crippen LogP contribution < -0.4 is 0 Å². The van der Waals surface area contributed by atoms with E-state index in [1.54, 1.807) is 25.2 Å². The molecule has 1 aliphatic rings. The Morgan fingerprint density at radius 1 is 1.29 bits per heavy atom. The quantitative estimate of drug-likeness (QED) is 0.533. The van der Waals surface area contributed by atoms with Crippen LogP contribution in [-0.2, 0) is 19.0 Å². The number of aryl methyl sites for hydroxylation is 1. The minimum Gasteiger partial charge on any atom is -0.476 e. The van der Waals surface area contributed by atoms with Crippen LogP contribution in [0.25, 0.3) is 16.0 Å². The Bertz CT molecular complexity index is 1020. The van der Waals surface area contributed by atoms with Crippen LogP contribution in [0, 0.1) is 6.92 Å². The van der Waals surface area contributed by atoms with Crippen molar-refractivity contribution in [2.75, 3.05) is 7.11 Å². The molecule has 2 heterocycles. The maximum absolute atomic E-state index is 13.2. The molecule has 0 aliphatic carbocycles. The normalized spacial score (nSPS) is 16.0. The Morgan fingerprint density at radius 3 is 2.61 bits per heavy atom. The zero-order valence-corrected chi connectivity index (χ0v) is 18.3. The molecule has 1 aromatic carbocycles. The summed E-state index contributed by atoms with van der Waals surface area (Å²) in [7, 11) is 1.20. The summed E-state index contributed by atoms with van der Waals surface area (Å²) in [5, 5.41) is 1.99. The first-order valence-electron chi connectivity index (χ1n) is 8.42. The van der Waals surface area contributed by atoms with Crippen LogP contribution in [0.1, 0.15) is 25.0 Å². The number of ether oxygens (including phenoxy) is 3. The number of rotatable bonds is 3. The summed E-state index contributed by atoms with van der Waals surface area (Å²) in [4.78, 5) is 26.0. The van der Waals surface area contributed by atoms with Gasteiger partial charge in [-0.05, 0) is 65.5 Å². The summed E-state index contributed by atoms with van der Waals surface area (Å²) >= 11 is 5.05. The van der Waals surface area contributed by atoms with Crippen molar-refractivity contribution in [3.63, 3.8) is 0 Å². The molecule has 5 nitrogen and oxygen atoms in total. The second-order valence-electron chi connectivity index (χ2n) is 6.78. The van der Waals surface area contributed by atoms with Gasteiger partial charge in [-0.2, -0.15) is 0 Å². The van der Waals surface area contributed by atoms with Crippen molar-refractivity contribution < 1.29 is 23.8 Å². The third-order valence-electron chi connectivity index (χ3n) is 4.34. The average molecular weight is 463 g/mol. The van der Waals surface area contributed by atoms with E-state index in [0.717, 1.165) is 20.5 Å². The smallest absolute Gasteiger partial charge is 0.476 e. The second-order valence-corrected chi connectivity index (χ2v) is 8.61. The van der Waals surface area contributed by atoms with Crippen LogP contribution >= 0.6 is 27.3 Å². The van der Waals surface area contributed by atoms with E-state index in [0.29, 0.717) is 5.56 Å². The molecular formula is C21H19BrO5S. The highest BCUT2D eigenvalue weighted by Crippen LogP contribution is 2.40. The molecule has 28 heavy (non-hydrogen) atoms. The molecule has 0 spiro atoms. The molecule has 0 unspecified atom stereocenters. The van der Waals surface area contributed by atoms with Gasteiger partial charge in [-0.1, -0.05) is 18.7 Å². The molecule has 7 heteroatoms. The molecule has 0 amide bonds. The molecule has 0 fully saturated rings. The lowest BCUT2D eigenvalue weighted by atomic mass is 9.85. The Labute approximate surface area is 175 Å². The first-order chi connectivity index (χ1) is 13.1. The van der Waals surface area contributed by atoms with Gasteiger partial charge in [0.1, 0.15) is 0 Å². The van der Waals surface area contributed by atoms with Gasteiger partial charge in [0, 0.05) is 14.7 Å². The molecule has 0 saturated carbocycles. The lowest BCUT2D eigenvalue weighted by molar-refractivity contribution is -0.131. The molecule has 2 aromatic rings. The van der Waals surface area contributed by atoms with E-state index in [9.17, 15) is 9.59 Å². The number of Topliss-reactive ketones (excluding diaryl/α,β-unsaturated/α-hetero) is 1. The van der Waals surface area contributed by atoms with Gasteiger partial charge < -0.3 is 14.2 Å². The van der Waals surface area contributed by atoms with Crippen molar-refractivity contribution >= 4 is 44.8 Å². The van der Waals surface area contributed by atoms with Crippen LogP contribution in [0.4, 0.5) is 4.79 Å². The summed E-state index contributed by atoms with van der Waals surface area (Å²) in [6, 6.07) is 7.84. The monoisotopic (exact) mass is 462 g/mol. The SMILES string of the molecule is C=C1OC(C)(C)C(=O)C(c2cc(-c3cc(Br)cs3)ccc2C)=C1OC(=O)OC. The number of hydrogen-bond acceptors (Lipinski definition) is 6. The van der Waals surface area contributed by atoms with E-state index in [2.05, 4.69) is 27.2 Å². The van der Waals surface area contributed by atoms with E-state index < -0.39 is 11.8 Å². The summed E-state index contributed by atoms with van der Waals surface area (Å²) < 4.78 is 16.4. The van der Waals surface area contributed by atoms with Crippen molar-refractivity contribution in [3.8, 4) is 10.4 Å². The van der Waals surface area contributed by atoms with Gasteiger partial charge >= 0.3 is 6.16 Å². The fourth-order valence-electron chi connectivity index (χ4n) is 2.93. The van der Waals surface area contributed by atoms with E-state index in [4.69, 9.17) is 9.47 Å². The van der Waals surface area contributed by atoms with Gasteiger partial charge in [-0.25, -0.2) is 4.79 Å². The Morgan fingerprint density at radius 2 is 2.00 bits per heavy atom. The summed E-state index contributed by atoms with van der Waals surface area (Å²) in [5.41, 5.74) is 1.58. The number of methoxy groups -OCH3 is 1. The highest BCUT2D eigenvalue weighted by atomic mass is 79.9. The lowest BCUT2D eigenvalue weighted by Gasteiger charge is -2.33. The minimum absolute atomic E-state index is 0.0243. The maximum Gasteiger partial charge on any atom is 0.513 e. The van der Waals surface area contributed by atoms with Crippen LogP contribution in [-0.4, -0.2) is 24.6 Å². The molecule has 0 bridgehead atoms. The van der Waals surface area contributed by atoms with Gasteiger partial charge in [0.15, 0.2) is 17.1 Å². The third-order valence-corrected chi connectivity index (χ3v) is 6.08. The van der Waals surface area contributed by atoms with Gasteiger partial charge in [0.2, 0.25) is 5.78 Å². The lowest BCUT2D eigenvalue weighted by Crippen LogP contribution is -2.40. The van der Waals surface area contributed by atoms with Crippen LogP contribution in [0.3, 0.4) is 0 Å². The highest BCUT2D eigenvalue weighted by molar-refractivity contribution is 9.10. The Hall–Kier alpha value is -2.38. The van der Waals surface area contributed by atoms with E-state index >= 15 is 0 Å². The van der Waals surface area contributed by atoms with Gasteiger partial charge in [-0.15, -0.1) is 11.3 Å². The number of hydrogen-bond donors (Lipinski definition) is 0. The predicted octanol–water partition coefficient (Wildman–Crippen LogP) is 5.87. The topological polar surface area (TPSA) is 61.8 Å². The fraction of sp³-hybridized carbons (Fsp3) is 0.238. The van der Waals surface area contributed by atoms with Crippen LogP contribution in [0.15, 0.2) is 52.2 Å². The largest absolute Gasteiger partial charge is 0.513 e. The first kappa shape index (κ1) is 20.4. The average Bonchev–Trinajstić information content (AvgIpc) is 3.07. The number of benzene rings is 1. The van der Waals surface area contributed by atoms with E-state index in [1.807, 2.05) is 36.6 Å². The van der Waals surface area contributed by atoms with Gasteiger partial charge in [0.05, 0.1) is 12.7 Å². The molecule has 0 saturated heterocycles. The van der Waals surface area contributed by atoms with Crippen molar-refractivity contribution in [3.05, 3.63) is 63.3 Å². The first-order valence-corrected chi connectivity index (χ1v) is 10.1. The summed E-state index contributed by atoms with van der Waals surface area (Å²) in [6.07, 6.45) is -0.944. The Balaban J connectivity index is 2.23. The molecule has 146 valence electrons. The van der Waals surface area contributed by atoms with Crippen molar-refractivity contribution in [1.82, 2.24) is 0 Å². The number of thiophene rings is 1. The van der Waals surface area contributed by atoms with Crippen LogP contribution in [0.5, 0.6) is 0 Å². The molecule has 1 aromatic heterocycles. The second kappa shape index (κ2) is 7.56. The molecule has 0 atom stereocenters. The zero-order chi connectivity index (χ0) is 20.6. The fourth-order valence-corrected chi connectivity index (χ4v) is 4.36. The van der Waals surface area contributed by atoms with E-state index in [-0.39, 0.29) is 22.9 Å². The molecular weight excluding hydrogens is 444 g/mol. The van der Waals surface area contributed by atoms with Crippen molar-refractivity contribution in [2.24, 2.45) is 0 Å². The number of carbonyl (C=O) groups is 2. The van der Waals surface area contributed by atoms with Crippen LogP contribution in [0.2, 0.25) is 0 Å². The number of halogens is 1. The molecule has 0 N–H and O–H groups in total. The van der Waals surface area contributed by atoms with Crippen molar-refractivity contribution in [2.45, 2.75) is 26.4 Å². The maximum atomic E-state index is 13.2. The summed E-state index contributed by atoms with van der Waals surface area (Å²) in [5.74, 6) is -0.219. The number of carbonyl (C=O) groups excluding carboxylic acids is 2.